The molecule has 1 aromatic rings. The third-order valence-electron chi connectivity index (χ3n) is 3.09. The van der Waals surface area contributed by atoms with Gasteiger partial charge in [-0.1, -0.05) is 13.3 Å². The topological polar surface area (TPSA) is 75.6 Å². The third kappa shape index (κ3) is 6.17. The van der Waals surface area contributed by atoms with Gasteiger partial charge in [0.05, 0.1) is 12.6 Å². The summed E-state index contributed by atoms with van der Waals surface area (Å²) in [5.41, 5.74) is -0.336. The van der Waals surface area contributed by atoms with Crippen molar-refractivity contribution in [3.8, 4) is 0 Å². The standard InChI is InChI=1S/C15H18F3NO4/c1-2-3-6-23-15(22)19-13(4-5-14(20)21)9-7-11(17)12(18)8-10(9)16/h7-8,13H,2-6H2,1H3,(H,19,22)(H,20,21). The number of amides is 1. The molecule has 1 aromatic carbocycles. The molecule has 0 saturated carbocycles. The van der Waals surface area contributed by atoms with Crippen molar-refractivity contribution in [2.75, 3.05) is 6.61 Å². The minimum atomic E-state index is -1.37. The number of halogens is 3. The van der Waals surface area contributed by atoms with Gasteiger partial charge in [0.25, 0.3) is 0 Å². The molecule has 128 valence electrons. The average molecular weight is 333 g/mol. The molecule has 0 aliphatic carbocycles. The molecule has 0 bridgehead atoms. The number of unbranched alkanes of at least 4 members (excludes halogenated alkanes) is 1. The highest BCUT2D eigenvalue weighted by Crippen LogP contribution is 2.24. The Morgan fingerprint density at radius 3 is 2.48 bits per heavy atom. The van der Waals surface area contributed by atoms with Crippen molar-refractivity contribution in [2.45, 2.75) is 38.6 Å². The average Bonchev–Trinajstić information content (AvgIpc) is 2.47. The number of carboxylic acids is 1. The van der Waals surface area contributed by atoms with E-state index < -0.39 is 42.0 Å². The van der Waals surface area contributed by atoms with Crippen LogP contribution in [0.25, 0.3) is 0 Å². The van der Waals surface area contributed by atoms with E-state index in [1.54, 1.807) is 0 Å². The zero-order chi connectivity index (χ0) is 17.4. The fourth-order valence-corrected chi connectivity index (χ4v) is 1.87. The van der Waals surface area contributed by atoms with Crippen LogP contribution in [0.5, 0.6) is 0 Å². The largest absolute Gasteiger partial charge is 0.481 e. The lowest BCUT2D eigenvalue weighted by Gasteiger charge is -2.19. The van der Waals surface area contributed by atoms with Gasteiger partial charge in [-0.3, -0.25) is 4.79 Å². The summed E-state index contributed by atoms with van der Waals surface area (Å²) < 4.78 is 44.9. The minimum absolute atomic E-state index is 0.147. The Morgan fingerprint density at radius 1 is 1.22 bits per heavy atom. The number of carbonyl (C=O) groups excluding carboxylic acids is 1. The Balaban J connectivity index is 2.89. The number of carbonyl (C=O) groups is 2. The van der Waals surface area contributed by atoms with E-state index in [1.807, 2.05) is 6.92 Å². The van der Waals surface area contributed by atoms with Gasteiger partial charge in [-0.2, -0.15) is 0 Å². The van der Waals surface area contributed by atoms with E-state index in [1.165, 1.54) is 0 Å². The predicted octanol–water partition coefficient (Wildman–Crippen LogP) is 3.54. The summed E-state index contributed by atoms with van der Waals surface area (Å²) in [5.74, 6) is -4.90. The third-order valence-corrected chi connectivity index (χ3v) is 3.09. The van der Waals surface area contributed by atoms with Gasteiger partial charge in [0.1, 0.15) is 5.82 Å². The molecule has 0 aromatic heterocycles. The minimum Gasteiger partial charge on any atom is -0.481 e. The highest BCUT2D eigenvalue weighted by atomic mass is 19.2. The molecule has 0 aliphatic heterocycles. The summed E-state index contributed by atoms with van der Waals surface area (Å²) >= 11 is 0. The smallest absolute Gasteiger partial charge is 0.407 e. The monoisotopic (exact) mass is 333 g/mol. The van der Waals surface area contributed by atoms with E-state index in [4.69, 9.17) is 9.84 Å². The lowest BCUT2D eigenvalue weighted by molar-refractivity contribution is -0.137. The van der Waals surface area contributed by atoms with E-state index in [-0.39, 0.29) is 18.6 Å². The van der Waals surface area contributed by atoms with Gasteiger partial charge in [-0.15, -0.1) is 0 Å². The maximum Gasteiger partial charge on any atom is 0.407 e. The second kappa shape index (κ2) is 9.02. The number of hydrogen-bond acceptors (Lipinski definition) is 3. The maximum atomic E-state index is 13.8. The predicted molar refractivity (Wildman–Crippen MR) is 75.3 cm³/mol. The molecule has 0 saturated heterocycles. The quantitative estimate of drug-likeness (QED) is 0.564. The van der Waals surface area contributed by atoms with Gasteiger partial charge in [0.2, 0.25) is 0 Å². The molecule has 1 atom stereocenters. The molecule has 1 unspecified atom stereocenters. The van der Waals surface area contributed by atoms with Crippen LogP contribution in [0.4, 0.5) is 18.0 Å². The van der Waals surface area contributed by atoms with E-state index in [2.05, 4.69) is 5.32 Å². The fourth-order valence-electron chi connectivity index (χ4n) is 1.87. The van der Waals surface area contributed by atoms with Crippen molar-refractivity contribution in [1.29, 1.82) is 0 Å². The molecule has 1 amide bonds. The van der Waals surface area contributed by atoms with Gasteiger partial charge in [-0.05, 0) is 18.9 Å². The SMILES string of the molecule is CCCCOC(=O)NC(CCC(=O)O)c1cc(F)c(F)cc1F. The number of carboxylic acid groups (broad SMARTS) is 1. The lowest BCUT2D eigenvalue weighted by atomic mass is 10.0. The van der Waals surface area contributed by atoms with Gasteiger partial charge in [0.15, 0.2) is 11.6 Å². The van der Waals surface area contributed by atoms with Crippen LogP contribution in [0.15, 0.2) is 12.1 Å². The van der Waals surface area contributed by atoms with Gasteiger partial charge in [0, 0.05) is 18.1 Å². The number of aliphatic carboxylic acids is 1. The van der Waals surface area contributed by atoms with Crippen LogP contribution >= 0.6 is 0 Å². The summed E-state index contributed by atoms with van der Waals surface area (Å²) in [7, 11) is 0. The molecule has 5 nitrogen and oxygen atoms in total. The molecule has 23 heavy (non-hydrogen) atoms. The summed E-state index contributed by atoms with van der Waals surface area (Å²) in [6.07, 6.45) is -0.0308. The van der Waals surface area contributed by atoms with E-state index >= 15 is 0 Å². The van der Waals surface area contributed by atoms with Crippen LogP contribution < -0.4 is 5.32 Å². The molecule has 8 heteroatoms. The second-order valence-corrected chi connectivity index (χ2v) is 4.91. The number of hydrogen-bond donors (Lipinski definition) is 2. The van der Waals surface area contributed by atoms with Crippen molar-refractivity contribution >= 4 is 12.1 Å². The van der Waals surface area contributed by atoms with Crippen LogP contribution in [-0.4, -0.2) is 23.8 Å². The molecule has 0 aliphatic rings. The molecule has 0 heterocycles. The van der Waals surface area contributed by atoms with Crippen LogP contribution in [0, 0.1) is 17.5 Å². The van der Waals surface area contributed by atoms with Crippen LogP contribution in [0.3, 0.4) is 0 Å². The zero-order valence-electron chi connectivity index (χ0n) is 12.6. The first-order chi connectivity index (χ1) is 10.8. The Bertz CT molecular complexity index is 566. The zero-order valence-corrected chi connectivity index (χ0v) is 12.6. The van der Waals surface area contributed by atoms with Crippen molar-refractivity contribution < 1.29 is 32.6 Å². The number of nitrogens with one attached hydrogen (secondary N) is 1. The normalized spacial score (nSPS) is 11.8. The number of ether oxygens (including phenoxy) is 1. The van der Waals surface area contributed by atoms with Crippen molar-refractivity contribution in [2.24, 2.45) is 0 Å². The van der Waals surface area contributed by atoms with E-state index in [0.29, 0.717) is 18.6 Å². The van der Waals surface area contributed by atoms with Gasteiger partial charge < -0.3 is 15.2 Å². The molecular formula is C15H18F3NO4. The van der Waals surface area contributed by atoms with Gasteiger partial charge in [-0.25, -0.2) is 18.0 Å². The Kier molecular flexibility index (Phi) is 7.37. The molecule has 1 rings (SSSR count). The van der Waals surface area contributed by atoms with Crippen molar-refractivity contribution in [3.63, 3.8) is 0 Å². The van der Waals surface area contributed by atoms with E-state index in [9.17, 15) is 22.8 Å². The maximum absolute atomic E-state index is 13.8. The summed E-state index contributed by atoms with van der Waals surface area (Å²) in [6, 6.07) is -0.193. The van der Waals surface area contributed by atoms with Crippen LogP contribution in [0.1, 0.15) is 44.2 Å². The van der Waals surface area contributed by atoms with Crippen molar-refractivity contribution in [1.82, 2.24) is 5.32 Å². The highest BCUT2D eigenvalue weighted by Gasteiger charge is 2.22. The summed E-state index contributed by atoms with van der Waals surface area (Å²) in [4.78, 5) is 22.3. The van der Waals surface area contributed by atoms with Crippen molar-refractivity contribution in [3.05, 3.63) is 35.1 Å². The first kappa shape index (κ1) is 18.8. The van der Waals surface area contributed by atoms with Crippen LogP contribution in [-0.2, 0) is 9.53 Å². The number of alkyl carbamates (subject to hydrolysis) is 1. The molecule has 0 fully saturated rings. The second-order valence-electron chi connectivity index (χ2n) is 4.91. The molecule has 2 N–H and O–H groups in total. The molecule has 0 spiro atoms. The number of benzene rings is 1. The first-order valence-electron chi connectivity index (χ1n) is 7.14. The summed E-state index contributed by atoms with van der Waals surface area (Å²) in [5, 5.41) is 11.0. The van der Waals surface area contributed by atoms with Gasteiger partial charge >= 0.3 is 12.1 Å². The first-order valence-corrected chi connectivity index (χ1v) is 7.14. The summed E-state index contributed by atoms with van der Waals surface area (Å²) in [6.45, 7) is 2.04. The Hall–Kier alpha value is -2.25. The molecule has 0 radical (unpaired) electrons. The Morgan fingerprint density at radius 2 is 1.87 bits per heavy atom. The molecular weight excluding hydrogens is 315 g/mol. The Labute approximate surface area is 131 Å². The van der Waals surface area contributed by atoms with Crippen LogP contribution in [0.2, 0.25) is 0 Å². The fraction of sp³-hybridized carbons (Fsp3) is 0.467. The number of rotatable bonds is 8. The van der Waals surface area contributed by atoms with E-state index in [0.717, 1.165) is 6.42 Å². The highest BCUT2D eigenvalue weighted by molar-refractivity contribution is 5.69. The lowest BCUT2D eigenvalue weighted by Crippen LogP contribution is -2.30.